The number of halogens is 1. The largest absolute Gasteiger partial charge is 0.390 e. The molecule has 0 amide bonds. The van der Waals surface area contributed by atoms with Crippen molar-refractivity contribution in [3.8, 4) is 11.8 Å². The molecule has 3 nitrogen and oxygen atoms in total. The Kier molecular flexibility index (Phi) is 4.23. The van der Waals surface area contributed by atoms with Crippen molar-refractivity contribution in [2.24, 2.45) is 5.92 Å². The molecule has 4 heteroatoms. The maximum Gasteiger partial charge on any atom is 0.0983 e. The van der Waals surface area contributed by atoms with Crippen molar-refractivity contribution in [1.29, 1.82) is 0 Å². The predicted molar refractivity (Wildman–Crippen MR) is 72.5 cm³/mol. The number of nitrogens with zero attached hydrogens (tertiary/aromatic N) is 2. The van der Waals surface area contributed by atoms with Crippen LogP contribution < -0.4 is 0 Å². The fourth-order valence-corrected chi connectivity index (χ4v) is 2.78. The Hall–Kier alpha value is -1.08. The smallest absolute Gasteiger partial charge is 0.0983 e. The van der Waals surface area contributed by atoms with Crippen LogP contribution in [0, 0.1) is 17.8 Å². The molecule has 1 N–H and O–H groups in total. The molecule has 0 aliphatic carbocycles. The van der Waals surface area contributed by atoms with Gasteiger partial charge in [-0.25, -0.2) is 0 Å². The number of aromatic nitrogens is 1. The molecule has 96 valence electrons. The average Bonchev–Trinajstić information content (AvgIpc) is 2.40. The summed E-state index contributed by atoms with van der Waals surface area (Å²) in [4.78, 5) is 6.34. The summed E-state index contributed by atoms with van der Waals surface area (Å²) in [5, 5.41) is 10.2. The van der Waals surface area contributed by atoms with Crippen molar-refractivity contribution in [2.45, 2.75) is 25.0 Å². The van der Waals surface area contributed by atoms with E-state index in [1.807, 2.05) is 12.1 Å². The van der Waals surface area contributed by atoms with Crippen LogP contribution in [0.15, 0.2) is 24.5 Å². The first-order valence-electron chi connectivity index (χ1n) is 6.18. The quantitative estimate of drug-likeness (QED) is 0.718. The summed E-state index contributed by atoms with van der Waals surface area (Å²) in [6.45, 7) is 2.15. The molecule has 0 aromatic carbocycles. The molecule has 4 rings (SSSR count). The molecule has 2 unspecified atom stereocenters. The Morgan fingerprint density at radius 3 is 2.72 bits per heavy atom. The lowest BCUT2D eigenvalue weighted by molar-refractivity contribution is -0.0500. The van der Waals surface area contributed by atoms with E-state index in [1.54, 1.807) is 12.4 Å². The van der Waals surface area contributed by atoms with Crippen LogP contribution in [0.5, 0.6) is 0 Å². The van der Waals surface area contributed by atoms with Crippen molar-refractivity contribution in [3.63, 3.8) is 0 Å². The monoisotopic (exact) mass is 264 g/mol. The Balaban J connectivity index is 0.00000120. The lowest BCUT2D eigenvalue weighted by Crippen LogP contribution is -2.57. The summed E-state index contributed by atoms with van der Waals surface area (Å²) in [5.74, 6) is 6.77. The molecule has 3 aliphatic rings. The zero-order chi connectivity index (χ0) is 11.7. The average molecular weight is 265 g/mol. The lowest BCUT2D eigenvalue weighted by Gasteiger charge is -2.46. The number of fused-ring (bicyclic) bond motifs is 3. The molecular formula is C14H17ClN2O. The molecule has 2 atom stereocenters. The van der Waals surface area contributed by atoms with E-state index in [9.17, 15) is 5.11 Å². The zero-order valence-corrected chi connectivity index (χ0v) is 10.9. The lowest BCUT2D eigenvalue weighted by atomic mass is 9.81. The van der Waals surface area contributed by atoms with E-state index in [4.69, 9.17) is 0 Å². The van der Waals surface area contributed by atoms with E-state index >= 15 is 0 Å². The second-order valence-electron chi connectivity index (χ2n) is 4.82. The highest BCUT2D eigenvalue weighted by Gasteiger charge is 2.40. The molecule has 1 aromatic rings. The van der Waals surface area contributed by atoms with E-state index in [0.29, 0.717) is 5.92 Å². The molecular weight excluding hydrogens is 248 g/mol. The van der Waals surface area contributed by atoms with Gasteiger partial charge in [0.25, 0.3) is 0 Å². The normalized spacial score (nSPS) is 33.2. The Bertz CT molecular complexity index is 444. The molecule has 0 saturated carbocycles. The topological polar surface area (TPSA) is 36.4 Å². The minimum Gasteiger partial charge on any atom is -0.390 e. The van der Waals surface area contributed by atoms with Gasteiger partial charge in [0.2, 0.25) is 0 Å². The van der Waals surface area contributed by atoms with Gasteiger partial charge in [0, 0.05) is 18.0 Å². The molecule has 18 heavy (non-hydrogen) atoms. The summed E-state index contributed by atoms with van der Waals surface area (Å²) < 4.78 is 0. The zero-order valence-electron chi connectivity index (χ0n) is 10.1. The number of aliphatic hydroxyl groups excluding tert-OH is 1. The SMILES string of the molecule is Cl.OC1C2CCN(CC2)C1C#Cc1cccnc1. The molecule has 0 radical (unpaired) electrons. The van der Waals surface area contributed by atoms with Crippen LogP contribution in [0.2, 0.25) is 0 Å². The first-order valence-corrected chi connectivity index (χ1v) is 6.18. The molecule has 2 bridgehead atoms. The number of hydrogen-bond donors (Lipinski definition) is 1. The van der Waals surface area contributed by atoms with Gasteiger partial charge in [-0.1, -0.05) is 11.8 Å². The van der Waals surface area contributed by atoms with Gasteiger partial charge in [0.05, 0.1) is 12.1 Å². The van der Waals surface area contributed by atoms with Crippen molar-refractivity contribution in [1.82, 2.24) is 9.88 Å². The predicted octanol–water partition coefficient (Wildman–Crippen LogP) is 1.31. The number of hydrogen-bond acceptors (Lipinski definition) is 3. The molecule has 3 saturated heterocycles. The fraction of sp³-hybridized carbons (Fsp3) is 0.500. The van der Waals surface area contributed by atoms with Crippen LogP contribution in [-0.4, -0.2) is 40.2 Å². The summed E-state index contributed by atoms with van der Waals surface area (Å²) in [7, 11) is 0. The van der Waals surface area contributed by atoms with Gasteiger partial charge in [0.15, 0.2) is 0 Å². The summed E-state index contributed by atoms with van der Waals surface area (Å²) in [6.07, 6.45) is 5.46. The second kappa shape index (κ2) is 5.71. The van der Waals surface area contributed by atoms with Gasteiger partial charge in [-0.05, 0) is 44.0 Å². The Morgan fingerprint density at radius 1 is 1.33 bits per heavy atom. The van der Waals surface area contributed by atoms with Crippen molar-refractivity contribution >= 4 is 12.4 Å². The highest BCUT2D eigenvalue weighted by molar-refractivity contribution is 5.85. The molecule has 0 spiro atoms. The minimum atomic E-state index is -0.276. The standard InChI is InChI=1S/C14H16N2O.ClH/c17-14-12-5-8-16(9-6-12)13(14)4-3-11-2-1-7-15-10-11;/h1-2,7,10,12-14,17H,5-6,8-9H2;1H. The fourth-order valence-electron chi connectivity index (χ4n) is 2.78. The van der Waals surface area contributed by atoms with Crippen LogP contribution in [0.1, 0.15) is 18.4 Å². The van der Waals surface area contributed by atoms with Crippen LogP contribution in [0.4, 0.5) is 0 Å². The maximum absolute atomic E-state index is 10.2. The number of aliphatic hydroxyl groups is 1. The second-order valence-corrected chi connectivity index (χ2v) is 4.82. The van der Waals surface area contributed by atoms with E-state index in [-0.39, 0.29) is 24.6 Å². The highest BCUT2D eigenvalue weighted by atomic mass is 35.5. The van der Waals surface area contributed by atoms with Crippen molar-refractivity contribution in [3.05, 3.63) is 30.1 Å². The summed E-state index contributed by atoms with van der Waals surface area (Å²) >= 11 is 0. The summed E-state index contributed by atoms with van der Waals surface area (Å²) in [5.41, 5.74) is 0.919. The summed E-state index contributed by atoms with van der Waals surface area (Å²) in [6, 6.07) is 3.85. The van der Waals surface area contributed by atoms with Crippen molar-refractivity contribution in [2.75, 3.05) is 13.1 Å². The van der Waals surface area contributed by atoms with Gasteiger partial charge < -0.3 is 5.11 Å². The van der Waals surface area contributed by atoms with Crippen LogP contribution in [0.3, 0.4) is 0 Å². The molecule has 3 fully saturated rings. The first-order chi connectivity index (χ1) is 8.34. The molecule has 3 aliphatic heterocycles. The van der Waals surface area contributed by atoms with E-state index in [1.165, 1.54) is 0 Å². The molecule has 4 heterocycles. The minimum absolute atomic E-state index is 0. The van der Waals surface area contributed by atoms with Crippen LogP contribution in [-0.2, 0) is 0 Å². The number of pyridine rings is 1. The van der Waals surface area contributed by atoms with Crippen molar-refractivity contribution < 1.29 is 5.11 Å². The van der Waals surface area contributed by atoms with Gasteiger partial charge in [-0.15, -0.1) is 12.4 Å². The first kappa shape index (κ1) is 13.4. The van der Waals surface area contributed by atoms with E-state index in [2.05, 4.69) is 21.7 Å². The van der Waals surface area contributed by atoms with Crippen LogP contribution in [0.25, 0.3) is 0 Å². The highest BCUT2D eigenvalue weighted by Crippen LogP contribution is 2.31. The van der Waals surface area contributed by atoms with Gasteiger partial charge >= 0.3 is 0 Å². The van der Waals surface area contributed by atoms with Gasteiger partial charge in [-0.2, -0.15) is 0 Å². The third-order valence-electron chi connectivity index (χ3n) is 3.80. The number of piperidine rings is 3. The van der Waals surface area contributed by atoms with Gasteiger partial charge in [-0.3, -0.25) is 9.88 Å². The third kappa shape index (κ3) is 2.51. The Labute approximate surface area is 114 Å². The Morgan fingerprint density at radius 2 is 2.11 bits per heavy atom. The molecule has 1 aromatic heterocycles. The third-order valence-corrected chi connectivity index (χ3v) is 3.80. The van der Waals surface area contributed by atoms with E-state index < -0.39 is 0 Å². The maximum atomic E-state index is 10.2. The van der Waals surface area contributed by atoms with Gasteiger partial charge in [0.1, 0.15) is 0 Å². The van der Waals surface area contributed by atoms with E-state index in [0.717, 1.165) is 31.5 Å². The van der Waals surface area contributed by atoms with Crippen LogP contribution >= 0.6 is 12.4 Å². The number of rotatable bonds is 0.